The van der Waals surface area contributed by atoms with E-state index in [9.17, 15) is 28.1 Å². The molecule has 1 unspecified atom stereocenters. The number of nitrogens with one attached hydrogen (secondary N) is 1. The Morgan fingerprint density at radius 2 is 1.78 bits per heavy atom. The van der Waals surface area contributed by atoms with Crippen molar-refractivity contribution >= 4 is 33.2 Å². The molecule has 0 bridgehead atoms. The number of nitrogens with zero attached hydrogens (tertiary/aromatic N) is 3. The largest absolute Gasteiger partial charge is 0.352 e. The molecule has 1 aliphatic rings. The third-order valence-corrected chi connectivity index (χ3v) is 7.71. The van der Waals surface area contributed by atoms with Crippen LogP contribution in [0, 0.1) is 17.0 Å². The number of aryl methyl sites for hydroxylation is 1. The Hall–Kier alpha value is -3.47. The zero-order chi connectivity index (χ0) is 27.2. The molecule has 0 heterocycles. The van der Waals surface area contributed by atoms with Gasteiger partial charge in [-0.05, 0) is 37.8 Å². The molecule has 2 amide bonds. The summed E-state index contributed by atoms with van der Waals surface area (Å²) < 4.78 is 26.2. The molecule has 0 aliphatic heterocycles. The SMILES string of the molecule is CCC(C(=O)NC1CCCC1)N(Cc1ccc(C)cc1)C(=O)CN(c1cccc([N+](=O)[O-])c1)S(C)(=O)=O. The van der Waals surface area contributed by atoms with Crippen LogP contribution >= 0.6 is 0 Å². The molecule has 11 heteroatoms. The summed E-state index contributed by atoms with van der Waals surface area (Å²) in [5.74, 6) is -0.845. The van der Waals surface area contributed by atoms with E-state index in [0.29, 0.717) is 6.42 Å². The number of non-ortho nitro benzene ring substituents is 1. The van der Waals surface area contributed by atoms with Gasteiger partial charge in [0.15, 0.2) is 0 Å². The standard InChI is InChI=1S/C26H34N4O6S/c1-4-24(26(32)27-21-8-5-6-9-21)28(17-20-14-12-19(2)13-15-20)25(31)18-29(37(3,35)36)22-10-7-11-23(16-22)30(33)34/h7,10-16,21,24H,4-6,8-9,17-18H2,1-3H3,(H,27,32). The first-order valence-corrected chi connectivity index (χ1v) is 14.2. The van der Waals surface area contributed by atoms with Crippen LogP contribution in [0.3, 0.4) is 0 Å². The lowest BCUT2D eigenvalue weighted by Gasteiger charge is -2.33. The topological polar surface area (TPSA) is 130 Å². The average molecular weight is 531 g/mol. The summed E-state index contributed by atoms with van der Waals surface area (Å²) in [6.45, 7) is 3.27. The summed E-state index contributed by atoms with van der Waals surface area (Å²) in [4.78, 5) is 39.0. The molecule has 1 atom stereocenters. The Labute approximate surface area is 217 Å². The fourth-order valence-electron chi connectivity index (χ4n) is 4.55. The van der Waals surface area contributed by atoms with Gasteiger partial charge in [-0.15, -0.1) is 0 Å². The smallest absolute Gasteiger partial charge is 0.271 e. The molecular formula is C26H34N4O6S. The fourth-order valence-corrected chi connectivity index (χ4v) is 5.39. The number of carbonyl (C=O) groups is 2. The highest BCUT2D eigenvalue weighted by atomic mass is 32.2. The van der Waals surface area contributed by atoms with Crippen LogP contribution in [0.4, 0.5) is 11.4 Å². The summed E-state index contributed by atoms with van der Waals surface area (Å²) in [6.07, 6.45) is 5.14. The maximum absolute atomic E-state index is 13.7. The minimum Gasteiger partial charge on any atom is -0.352 e. The average Bonchev–Trinajstić information content (AvgIpc) is 3.35. The van der Waals surface area contributed by atoms with E-state index in [-0.39, 0.29) is 29.9 Å². The minimum absolute atomic E-state index is 0.00351. The molecule has 2 aromatic carbocycles. The van der Waals surface area contributed by atoms with Crippen molar-refractivity contribution in [3.05, 3.63) is 69.8 Å². The summed E-state index contributed by atoms with van der Waals surface area (Å²) >= 11 is 0. The first-order chi connectivity index (χ1) is 17.5. The van der Waals surface area contributed by atoms with Gasteiger partial charge in [-0.3, -0.25) is 24.0 Å². The van der Waals surface area contributed by atoms with Gasteiger partial charge in [0.1, 0.15) is 12.6 Å². The van der Waals surface area contributed by atoms with Gasteiger partial charge < -0.3 is 10.2 Å². The molecule has 37 heavy (non-hydrogen) atoms. The number of nitro groups is 1. The monoisotopic (exact) mass is 530 g/mol. The Kier molecular flexibility index (Phi) is 9.25. The van der Waals surface area contributed by atoms with E-state index in [1.165, 1.54) is 23.1 Å². The Morgan fingerprint density at radius 1 is 1.14 bits per heavy atom. The first-order valence-electron chi connectivity index (χ1n) is 12.4. The highest BCUT2D eigenvalue weighted by Crippen LogP contribution is 2.24. The van der Waals surface area contributed by atoms with Gasteiger partial charge in [-0.2, -0.15) is 0 Å². The summed E-state index contributed by atoms with van der Waals surface area (Å²) in [6, 6.07) is 11.9. The normalized spacial score (nSPS) is 14.7. The van der Waals surface area contributed by atoms with Gasteiger partial charge >= 0.3 is 0 Å². The van der Waals surface area contributed by atoms with Crippen molar-refractivity contribution in [2.45, 2.75) is 64.6 Å². The van der Waals surface area contributed by atoms with Gasteiger partial charge in [-0.1, -0.05) is 55.7 Å². The number of carbonyl (C=O) groups excluding carboxylic acids is 2. The zero-order valence-corrected chi connectivity index (χ0v) is 22.2. The molecule has 1 fully saturated rings. The molecule has 0 aromatic heterocycles. The Balaban J connectivity index is 1.94. The zero-order valence-electron chi connectivity index (χ0n) is 21.4. The molecule has 1 N–H and O–H groups in total. The van der Waals surface area contributed by atoms with Crippen LogP contribution in [0.1, 0.15) is 50.2 Å². The lowest BCUT2D eigenvalue weighted by Crippen LogP contribution is -2.53. The van der Waals surface area contributed by atoms with E-state index in [1.807, 2.05) is 38.1 Å². The number of anilines is 1. The molecule has 10 nitrogen and oxygen atoms in total. The molecule has 200 valence electrons. The third-order valence-electron chi connectivity index (χ3n) is 6.57. The maximum Gasteiger partial charge on any atom is 0.271 e. The van der Waals surface area contributed by atoms with Crippen molar-refractivity contribution in [2.24, 2.45) is 0 Å². The predicted octanol–water partition coefficient (Wildman–Crippen LogP) is 3.54. The summed E-state index contributed by atoms with van der Waals surface area (Å²) in [5, 5.41) is 14.3. The molecule has 1 saturated carbocycles. The Morgan fingerprint density at radius 3 is 2.35 bits per heavy atom. The van der Waals surface area contributed by atoms with E-state index < -0.39 is 33.4 Å². The van der Waals surface area contributed by atoms with Gasteiger partial charge in [0.05, 0.1) is 16.9 Å². The van der Waals surface area contributed by atoms with Crippen LogP contribution in [-0.2, 0) is 26.2 Å². The molecule has 0 spiro atoms. The number of amides is 2. The number of nitro benzene ring substituents is 1. The lowest BCUT2D eigenvalue weighted by molar-refractivity contribution is -0.384. The molecule has 1 aliphatic carbocycles. The summed E-state index contributed by atoms with van der Waals surface area (Å²) in [7, 11) is -3.98. The predicted molar refractivity (Wildman–Crippen MR) is 141 cm³/mol. The van der Waals surface area contributed by atoms with E-state index >= 15 is 0 Å². The third kappa shape index (κ3) is 7.51. The van der Waals surface area contributed by atoms with Gasteiger partial charge in [0.2, 0.25) is 21.8 Å². The van der Waals surface area contributed by atoms with Gasteiger partial charge in [0.25, 0.3) is 5.69 Å². The van der Waals surface area contributed by atoms with E-state index in [1.54, 1.807) is 0 Å². The minimum atomic E-state index is -3.98. The van der Waals surface area contributed by atoms with E-state index in [4.69, 9.17) is 0 Å². The first kappa shape index (κ1) is 28.1. The van der Waals surface area contributed by atoms with Crippen LogP contribution in [0.15, 0.2) is 48.5 Å². The van der Waals surface area contributed by atoms with E-state index in [0.717, 1.165) is 53.4 Å². The Bertz CT molecular complexity index is 1230. The van der Waals surface area contributed by atoms with Crippen LogP contribution < -0.4 is 9.62 Å². The molecule has 0 saturated heterocycles. The highest BCUT2D eigenvalue weighted by molar-refractivity contribution is 7.92. The number of hydrogen-bond acceptors (Lipinski definition) is 6. The highest BCUT2D eigenvalue weighted by Gasteiger charge is 2.33. The van der Waals surface area contributed by atoms with E-state index in [2.05, 4.69) is 5.32 Å². The molecular weight excluding hydrogens is 496 g/mol. The number of hydrogen-bond donors (Lipinski definition) is 1. The van der Waals surface area contributed by atoms with Crippen molar-refractivity contribution in [2.75, 3.05) is 17.1 Å². The molecule has 0 radical (unpaired) electrons. The fraction of sp³-hybridized carbons (Fsp3) is 0.462. The van der Waals surface area contributed by atoms with Crippen molar-refractivity contribution in [1.29, 1.82) is 0 Å². The van der Waals surface area contributed by atoms with Crippen LogP contribution in [0.5, 0.6) is 0 Å². The molecule has 3 rings (SSSR count). The van der Waals surface area contributed by atoms with Gasteiger partial charge in [0, 0.05) is 24.7 Å². The number of sulfonamides is 1. The maximum atomic E-state index is 13.7. The summed E-state index contributed by atoms with van der Waals surface area (Å²) in [5.41, 5.74) is 1.55. The quantitative estimate of drug-likeness (QED) is 0.349. The molecule has 2 aromatic rings. The van der Waals surface area contributed by atoms with Crippen LogP contribution in [0.2, 0.25) is 0 Å². The number of benzene rings is 2. The van der Waals surface area contributed by atoms with Crippen molar-refractivity contribution < 1.29 is 22.9 Å². The second kappa shape index (κ2) is 12.2. The number of rotatable bonds is 11. The second-order valence-corrected chi connectivity index (χ2v) is 11.4. The van der Waals surface area contributed by atoms with Gasteiger partial charge in [-0.25, -0.2) is 8.42 Å². The van der Waals surface area contributed by atoms with Crippen molar-refractivity contribution in [3.8, 4) is 0 Å². The van der Waals surface area contributed by atoms with Crippen molar-refractivity contribution in [3.63, 3.8) is 0 Å². The second-order valence-electron chi connectivity index (χ2n) is 9.47. The van der Waals surface area contributed by atoms with Crippen LogP contribution in [0.25, 0.3) is 0 Å². The van der Waals surface area contributed by atoms with Crippen molar-refractivity contribution in [1.82, 2.24) is 10.2 Å². The lowest BCUT2D eigenvalue weighted by atomic mass is 10.1. The van der Waals surface area contributed by atoms with Crippen LogP contribution in [-0.4, -0.2) is 54.9 Å².